The maximum absolute atomic E-state index is 11.7. The van der Waals surface area contributed by atoms with Gasteiger partial charge in [0.15, 0.2) is 0 Å². The van der Waals surface area contributed by atoms with Gasteiger partial charge in [-0.1, -0.05) is 12.1 Å². The molecule has 0 saturated heterocycles. The van der Waals surface area contributed by atoms with Gasteiger partial charge in [-0.2, -0.15) is 5.10 Å². The van der Waals surface area contributed by atoms with E-state index in [4.69, 9.17) is 0 Å². The normalized spacial score (nSPS) is 27.2. The summed E-state index contributed by atoms with van der Waals surface area (Å²) in [6.07, 6.45) is 2.90. The van der Waals surface area contributed by atoms with Gasteiger partial charge in [-0.3, -0.25) is 9.59 Å². The van der Waals surface area contributed by atoms with Crippen LogP contribution in [-0.4, -0.2) is 17.5 Å². The summed E-state index contributed by atoms with van der Waals surface area (Å²) in [4.78, 5) is 23.1. The van der Waals surface area contributed by atoms with Gasteiger partial charge >= 0.3 is 0 Å². The first-order chi connectivity index (χ1) is 9.72. The number of hydrogen-bond donors (Lipinski definition) is 2. The van der Waals surface area contributed by atoms with Crippen LogP contribution in [0.15, 0.2) is 29.4 Å². The van der Waals surface area contributed by atoms with E-state index in [2.05, 4.69) is 15.8 Å². The summed E-state index contributed by atoms with van der Waals surface area (Å²) in [7, 11) is 0. The van der Waals surface area contributed by atoms with Crippen molar-refractivity contribution in [2.75, 3.05) is 5.32 Å². The number of fused-ring (bicyclic) bond motifs is 1. The van der Waals surface area contributed by atoms with E-state index in [1.54, 1.807) is 0 Å². The summed E-state index contributed by atoms with van der Waals surface area (Å²) in [5.41, 5.74) is 5.36. The number of anilines is 1. The van der Waals surface area contributed by atoms with Crippen LogP contribution in [0.1, 0.15) is 24.8 Å². The lowest BCUT2D eigenvalue weighted by atomic mass is 10.0. The molecule has 1 aliphatic heterocycles. The molecule has 0 spiro atoms. The molecule has 102 valence electrons. The molecule has 4 rings (SSSR count). The van der Waals surface area contributed by atoms with E-state index in [1.165, 1.54) is 0 Å². The first kappa shape index (κ1) is 11.6. The number of hydrazone groups is 1. The Bertz CT molecular complexity index is 617. The smallest absolute Gasteiger partial charge is 0.243 e. The lowest BCUT2D eigenvalue weighted by Gasteiger charge is -2.12. The van der Waals surface area contributed by atoms with Crippen molar-refractivity contribution in [1.29, 1.82) is 0 Å². The second-order valence-electron chi connectivity index (χ2n) is 5.76. The molecule has 0 aromatic heterocycles. The fourth-order valence-electron chi connectivity index (χ4n) is 2.66. The summed E-state index contributed by atoms with van der Waals surface area (Å²) in [5, 5.41) is 7.08. The highest BCUT2D eigenvalue weighted by molar-refractivity contribution is 6.09. The molecule has 20 heavy (non-hydrogen) atoms. The maximum Gasteiger partial charge on any atom is 0.243 e. The highest BCUT2D eigenvalue weighted by Gasteiger charge is 2.49. The molecule has 2 amide bonds. The molecule has 2 saturated carbocycles. The Hall–Kier alpha value is -2.17. The van der Waals surface area contributed by atoms with E-state index >= 15 is 0 Å². The average molecular weight is 269 g/mol. The molecule has 2 N–H and O–H groups in total. The summed E-state index contributed by atoms with van der Waals surface area (Å²) in [6.45, 7) is 0. The SMILES string of the molecule is O=C(Nc1ccc(C2=NNC(=O)C3CC23)cc1)C1CC1. The quantitative estimate of drug-likeness (QED) is 0.873. The summed E-state index contributed by atoms with van der Waals surface area (Å²) < 4.78 is 0. The van der Waals surface area contributed by atoms with Crippen LogP contribution in [0.4, 0.5) is 5.69 Å². The number of amides is 2. The fraction of sp³-hybridized carbons (Fsp3) is 0.400. The Morgan fingerprint density at radius 2 is 1.95 bits per heavy atom. The molecular formula is C15H15N3O2. The van der Waals surface area contributed by atoms with Crippen LogP contribution in [0.3, 0.4) is 0 Å². The maximum atomic E-state index is 11.7. The van der Waals surface area contributed by atoms with Gasteiger partial charge in [0, 0.05) is 23.4 Å². The molecule has 1 aromatic rings. The molecule has 2 fully saturated rings. The molecule has 2 aliphatic carbocycles. The summed E-state index contributed by atoms with van der Waals surface area (Å²) in [6, 6.07) is 7.69. The standard InChI is InChI=1S/C15H15N3O2/c19-14(9-1-2-9)16-10-5-3-8(4-6-10)13-11-7-12(11)15(20)18-17-13/h3-6,9,11-12H,1-2,7H2,(H,16,19)(H,18,20). The lowest BCUT2D eigenvalue weighted by molar-refractivity contribution is -0.122. The Kier molecular flexibility index (Phi) is 2.42. The number of carbonyl (C=O) groups excluding carboxylic acids is 2. The number of nitrogens with one attached hydrogen (secondary N) is 2. The minimum atomic E-state index is 0.0343. The van der Waals surface area contributed by atoms with E-state index in [9.17, 15) is 9.59 Å². The van der Waals surface area contributed by atoms with Gasteiger partial charge < -0.3 is 5.32 Å². The Balaban J connectivity index is 1.50. The van der Waals surface area contributed by atoms with Gasteiger partial charge in [0.1, 0.15) is 0 Å². The fourth-order valence-corrected chi connectivity index (χ4v) is 2.66. The molecule has 0 radical (unpaired) electrons. The summed E-state index contributed by atoms with van der Waals surface area (Å²) in [5.74, 6) is 0.738. The van der Waals surface area contributed by atoms with Gasteiger partial charge in [0.05, 0.1) is 5.71 Å². The van der Waals surface area contributed by atoms with E-state index in [0.29, 0.717) is 0 Å². The monoisotopic (exact) mass is 269 g/mol. The zero-order valence-corrected chi connectivity index (χ0v) is 10.9. The van der Waals surface area contributed by atoms with Crippen LogP contribution in [0.2, 0.25) is 0 Å². The van der Waals surface area contributed by atoms with Crippen molar-refractivity contribution in [1.82, 2.24) is 5.43 Å². The van der Waals surface area contributed by atoms with Gasteiger partial charge in [0.25, 0.3) is 0 Å². The molecule has 5 nitrogen and oxygen atoms in total. The second-order valence-corrected chi connectivity index (χ2v) is 5.76. The average Bonchev–Trinajstić information content (AvgIpc) is 3.32. The minimum absolute atomic E-state index is 0.0343. The minimum Gasteiger partial charge on any atom is -0.326 e. The zero-order chi connectivity index (χ0) is 13.7. The molecular weight excluding hydrogens is 254 g/mol. The third-order valence-corrected chi connectivity index (χ3v) is 4.16. The van der Waals surface area contributed by atoms with Crippen molar-refractivity contribution >= 4 is 23.2 Å². The van der Waals surface area contributed by atoms with E-state index in [-0.39, 0.29) is 29.6 Å². The van der Waals surface area contributed by atoms with Crippen LogP contribution in [0, 0.1) is 17.8 Å². The van der Waals surface area contributed by atoms with Crippen molar-refractivity contribution in [2.45, 2.75) is 19.3 Å². The third-order valence-electron chi connectivity index (χ3n) is 4.16. The van der Waals surface area contributed by atoms with Crippen LogP contribution < -0.4 is 10.7 Å². The van der Waals surface area contributed by atoms with Crippen LogP contribution in [0.25, 0.3) is 0 Å². The van der Waals surface area contributed by atoms with Crippen LogP contribution in [-0.2, 0) is 9.59 Å². The summed E-state index contributed by atoms with van der Waals surface area (Å²) >= 11 is 0. The first-order valence-electron chi connectivity index (χ1n) is 7.01. The number of nitrogens with zero attached hydrogens (tertiary/aromatic N) is 1. The lowest BCUT2D eigenvalue weighted by Crippen LogP contribution is -2.28. The van der Waals surface area contributed by atoms with Crippen molar-refractivity contribution < 1.29 is 9.59 Å². The molecule has 0 bridgehead atoms. The van der Waals surface area contributed by atoms with Gasteiger partial charge in [-0.15, -0.1) is 0 Å². The van der Waals surface area contributed by atoms with Gasteiger partial charge in [-0.25, -0.2) is 5.43 Å². The Morgan fingerprint density at radius 3 is 2.65 bits per heavy atom. The van der Waals surface area contributed by atoms with Crippen molar-refractivity contribution in [3.63, 3.8) is 0 Å². The Labute approximate surface area is 116 Å². The van der Waals surface area contributed by atoms with E-state index in [0.717, 1.165) is 36.2 Å². The van der Waals surface area contributed by atoms with Crippen molar-refractivity contribution in [2.24, 2.45) is 22.9 Å². The number of rotatable bonds is 3. The molecule has 2 unspecified atom stereocenters. The molecule has 3 aliphatic rings. The molecule has 1 heterocycles. The third kappa shape index (κ3) is 1.99. The van der Waals surface area contributed by atoms with Gasteiger partial charge in [-0.05, 0) is 37.0 Å². The predicted molar refractivity (Wildman–Crippen MR) is 74.1 cm³/mol. The highest BCUT2D eigenvalue weighted by Crippen LogP contribution is 2.43. The molecule has 2 atom stereocenters. The van der Waals surface area contributed by atoms with Crippen molar-refractivity contribution in [3.8, 4) is 0 Å². The Morgan fingerprint density at radius 1 is 1.20 bits per heavy atom. The van der Waals surface area contributed by atoms with Crippen LogP contribution in [0.5, 0.6) is 0 Å². The molecule has 1 aromatic carbocycles. The predicted octanol–water partition coefficient (Wildman–Crippen LogP) is 1.51. The second kappa shape index (κ2) is 4.16. The van der Waals surface area contributed by atoms with Crippen LogP contribution >= 0.6 is 0 Å². The largest absolute Gasteiger partial charge is 0.326 e. The number of carbonyl (C=O) groups is 2. The number of benzene rings is 1. The van der Waals surface area contributed by atoms with E-state index < -0.39 is 0 Å². The highest BCUT2D eigenvalue weighted by atomic mass is 16.2. The number of hydrogen-bond acceptors (Lipinski definition) is 3. The topological polar surface area (TPSA) is 70.6 Å². The van der Waals surface area contributed by atoms with E-state index in [1.807, 2.05) is 24.3 Å². The molecule has 5 heteroatoms. The van der Waals surface area contributed by atoms with Crippen molar-refractivity contribution in [3.05, 3.63) is 29.8 Å². The van der Waals surface area contributed by atoms with Gasteiger partial charge in [0.2, 0.25) is 11.8 Å². The first-order valence-corrected chi connectivity index (χ1v) is 7.01. The zero-order valence-electron chi connectivity index (χ0n) is 10.9.